The van der Waals surface area contributed by atoms with Gasteiger partial charge in [-0.3, -0.25) is 9.59 Å². The Balaban J connectivity index is 1.51. The van der Waals surface area contributed by atoms with Crippen LogP contribution in [0.1, 0.15) is 73.3 Å². The minimum absolute atomic E-state index is 0.0512. The number of nitrogens with one attached hydrogen (secondary N) is 1. The number of rotatable bonds is 6. The fourth-order valence-corrected chi connectivity index (χ4v) is 6.53. The van der Waals surface area contributed by atoms with Crippen LogP contribution in [0.25, 0.3) is 10.2 Å². The molecule has 0 radical (unpaired) electrons. The van der Waals surface area contributed by atoms with Crippen molar-refractivity contribution in [1.29, 1.82) is 0 Å². The first-order chi connectivity index (χ1) is 16.9. The normalized spacial score (nSPS) is 21.1. The molecular weight excluding hydrogens is 458 g/mol. The summed E-state index contributed by atoms with van der Waals surface area (Å²) in [5.41, 5.74) is 1.72. The van der Waals surface area contributed by atoms with Crippen LogP contribution in [0.2, 0.25) is 0 Å². The van der Waals surface area contributed by atoms with Gasteiger partial charge in [0.2, 0.25) is 5.91 Å². The smallest absolute Gasteiger partial charge is 0.271 e. The van der Waals surface area contributed by atoms with Crippen LogP contribution in [-0.4, -0.2) is 40.0 Å². The Hall–Kier alpha value is -2.80. The van der Waals surface area contributed by atoms with Gasteiger partial charge < -0.3 is 19.5 Å². The van der Waals surface area contributed by atoms with Gasteiger partial charge in [-0.25, -0.2) is 0 Å². The van der Waals surface area contributed by atoms with Crippen LogP contribution in [0.3, 0.4) is 0 Å². The number of aromatic nitrogens is 1. The number of aryl methyl sites for hydroxylation is 1. The highest BCUT2D eigenvalue weighted by molar-refractivity contribution is 7.19. The van der Waals surface area contributed by atoms with Gasteiger partial charge in [0.1, 0.15) is 17.0 Å². The van der Waals surface area contributed by atoms with E-state index in [1.807, 2.05) is 37.3 Å². The molecule has 1 unspecified atom stereocenters. The lowest BCUT2D eigenvalue weighted by atomic mass is 9.93. The second kappa shape index (κ2) is 9.69. The number of ether oxygens (including phenoxy) is 1. The Labute approximate surface area is 211 Å². The molecule has 1 fully saturated rings. The second-order valence-corrected chi connectivity index (χ2v) is 11.3. The standard InChI is InChI=1S/C28H35N3O3S/c1-4-22-15-23-25(35-22)16-24-26(32)31(17-19-11-13-21(34-3)14-12-19)28(2,18-30(23)24)27(33)29-20-9-7-5-6-8-10-20/h11-16,20H,4-10,17-18H2,1-3H3,(H,29,33). The number of hydrogen-bond acceptors (Lipinski definition) is 4. The summed E-state index contributed by atoms with van der Waals surface area (Å²) in [5.74, 6) is 0.630. The summed E-state index contributed by atoms with van der Waals surface area (Å²) in [6, 6.07) is 12.1. The highest BCUT2D eigenvalue weighted by Crippen LogP contribution is 2.37. The van der Waals surface area contributed by atoms with Gasteiger partial charge in [-0.15, -0.1) is 11.3 Å². The van der Waals surface area contributed by atoms with E-state index >= 15 is 0 Å². The third kappa shape index (κ3) is 4.46. The average Bonchev–Trinajstić information content (AvgIpc) is 3.31. The molecule has 1 atom stereocenters. The topological polar surface area (TPSA) is 63.6 Å². The summed E-state index contributed by atoms with van der Waals surface area (Å²) in [6.45, 7) is 4.90. The van der Waals surface area contributed by atoms with Gasteiger partial charge in [-0.05, 0) is 56.0 Å². The number of methoxy groups -OCH3 is 1. The molecule has 1 aliphatic carbocycles. The molecule has 186 valence electrons. The van der Waals surface area contributed by atoms with Gasteiger partial charge in [0.05, 0.1) is 23.9 Å². The quantitative estimate of drug-likeness (QED) is 0.460. The summed E-state index contributed by atoms with van der Waals surface area (Å²) < 4.78 is 8.49. The van der Waals surface area contributed by atoms with Crippen molar-refractivity contribution < 1.29 is 14.3 Å². The van der Waals surface area contributed by atoms with Gasteiger partial charge in [-0.1, -0.05) is 44.7 Å². The number of nitrogens with zero attached hydrogens (tertiary/aromatic N) is 2. The highest BCUT2D eigenvalue weighted by Gasteiger charge is 2.48. The Bertz CT molecular complexity index is 1220. The monoisotopic (exact) mass is 493 g/mol. The molecule has 3 heterocycles. The molecule has 7 heteroatoms. The molecular formula is C28H35N3O3S. The molecule has 6 nitrogen and oxygen atoms in total. The summed E-state index contributed by atoms with van der Waals surface area (Å²) in [6.07, 6.45) is 7.74. The van der Waals surface area contributed by atoms with E-state index in [-0.39, 0.29) is 17.9 Å². The summed E-state index contributed by atoms with van der Waals surface area (Å²) in [5, 5.41) is 3.35. The average molecular weight is 494 g/mol. The molecule has 0 bridgehead atoms. The first-order valence-corrected chi connectivity index (χ1v) is 13.6. The molecule has 1 aliphatic heterocycles. The van der Waals surface area contributed by atoms with Crippen molar-refractivity contribution in [3.63, 3.8) is 0 Å². The van der Waals surface area contributed by atoms with E-state index < -0.39 is 5.54 Å². The Morgan fingerprint density at radius 1 is 1.14 bits per heavy atom. The van der Waals surface area contributed by atoms with Crippen LogP contribution in [0.4, 0.5) is 0 Å². The second-order valence-electron chi connectivity index (χ2n) is 10.1. The van der Waals surface area contributed by atoms with Crippen LogP contribution < -0.4 is 10.1 Å². The Morgan fingerprint density at radius 3 is 2.51 bits per heavy atom. The Morgan fingerprint density at radius 2 is 1.86 bits per heavy atom. The fraction of sp³-hybridized carbons (Fsp3) is 0.500. The number of benzene rings is 1. The minimum Gasteiger partial charge on any atom is -0.497 e. The van der Waals surface area contributed by atoms with Crippen molar-refractivity contribution in [1.82, 2.24) is 14.8 Å². The van der Waals surface area contributed by atoms with E-state index in [0.29, 0.717) is 18.8 Å². The summed E-state index contributed by atoms with van der Waals surface area (Å²) >= 11 is 1.74. The van der Waals surface area contributed by atoms with E-state index in [0.717, 1.165) is 53.6 Å². The lowest BCUT2D eigenvalue weighted by Gasteiger charge is -2.44. The first-order valence-electron chi connectivity index (χ1n) is 12.8. The molecule has 5 rings (SSSR count). The maximum absolute atomic E-state index is 13.9. The van der Waals surface area contributed by atoms with Crippen LogP contribution >= 0.6 is 11.3 Å². The third-order valence-electron chi connectivity index (χ3n) is 7.69. The number of thiophene rings is 1. The number of carbonyl (C=O) groups excluding carboxylic acids is 2. The van der Waals surface area contributed by atoms with E-state index in [2.05, 4.69) is 22.9 Å². The van der Waals surface area contributed by atoms with E-state index in [9.17, 15) is 9.59 Å². The van der Waals surface area contributed by atoms with E-state index in [1.54, 1.807) is 23.3 Å². The van der Waals surface area contributed by atoms with E-state index in [4.69, 9.17) is 4.74 Å². The molecule has 35 heavy (non-hydrogen) atoms. The number of amides is 2. The zero-order valence-electron chi connectivity index (χ0n) is 20.9. The number of fused-ring (bicyclic) bond motifs is 3. The minimum atomic E-state index is -0.990. The lowest BCUT2D eigenvalue weighted by Crippen LogP contribution is -2.64. The van der Waals surface area contributed by atoms with Crippen molar-refractivity contribution >= 4 is 33.4 Å². The van der Waals surface area contributed by atoms with Gasteiger partial charge >= 0.3 is 0 Å². The van der Waals surface area contributed by atoms with Gasteiger partial charge in [-0.2, -0.15) is 0 Å². The molecule has 0 spiro atoms. The fourth-order valence-electron chi connectivity index (χ4n) is 5.49. The van der Waals surface area contributed by atoms with Gasteiger partial charge in [0.25, 0.3) is 5.91 Å². The number of carbonyl (C=O) groups is 2. The molecule has 1 aromatic carbocycles. The molecule has 1 N–H and O–H groups in total. The molecule has 1 saturated carbocycles. The SMILES string of the molecule is CCc1cc2c(cc3n2CC(C)(C(=O)NC2CCCCCC2)N(Cc2ccc(OC)cc2)C3=O)s1. The predicted octanol–water partition coefficient (Wildman–Crippen LogP) is 5.53. The van der Waals surface area contributed by atoms with Crippen LogP contribution in [0.15, 0.2) is 36.4 Å². The Kier molecular flexibility index (Phi) is 6.62. The predicted molar refractivity (Wildman–Crippen MR) is 140 cm³/mol. The lowest BCUT2D eigenvalue weighted by molar-refractivity contribution is -0.134. The molecule has 2 aromatic heterocycles. The highest BCUT2D eigenvalue weighted by atomic mass is 32.1. The molecule has 3 aromatic rings. The van der Waals surface area contributed by atoms with Crippen molar-refractivity contribution in [3.05, 3.63) is 52.5 Å². The van der Waals surface area contributed by atoms with Crippen molar-refractivity contribution in [2.24, 2.45) is 0 Å². The zero-order valence-corrected chi connectivity index (χ0v) is 21.7. The summed E-state index contributed by atoms with van der Waals surface area (Å²) in [4.78, 5) is 31.0. The first kappa shape index (κ1) is 23.9. The maximum atomic E-state index is 13.9. The van der Waals surface area contributed by atoms with Crippen LogP contribution in [0, 0.1) is 0 Å². The van der Waals surface area contributed by atoms with Crippen LogP contribution in [-0.2, 0) is 24.3 Å². The van der Waals surface area contributed by atoms with Crippen LogP contribution in [0.5, 0.6) is 5.75 Å². The third-order valence-corrected chi connectivity index (χ3v) is 8.91. The maximum Gasteiger partial charge on any atom is 0.271 e. The van der Waals surface area contributed by atoms with Gasteiger partial charge in [0.15, 0.2) is 0 Å². The summed E-state index contributed by atoms with van der Waals surface area (Å²) in [7, 11) is 1.64. The largest absolute Gasteiger partial charge is 0.497 e. The van der Waals surface area contributed by atoms with Crippen molar-refractivity contribution in [3.8, 4) is 5.75 Å². The molecule has 2 amide bonds. The van der Waals surface area contributed by atoms with Crippen molar-refractivity contribution in [2.45, 2.75) is 83.5 Å². The zero-order chi connectivity index (χ0) is 24.6. The van der Waals surface area contributed by atoms with E-state index in [1.165, 1.54) is 17.7 Å². The number of hydrogen-bond donors (Lipinski definition) is 1. The molecule has 2 aliphatic rings. The van der Waals surface area contributed by atoms with Crippen molar-refractivity contribution in [2.75, 3.05) is 7.11 Å². The van der Waals surface area contributed by atoms with Gasteiger partial charge in [0, 0.05) is 17.5 Å². The molecule has 0 saturated heterocycles.